The van der Waals surface area contributed by atoms with Crippen LogP contribution in [0.25, 0.3) is 0 Å². The van der Waals surface area contributed by atoms with Crippen LogP contribution in [-0.4, -0.2) is 18.6 Å². The van der Waals surface area contributed by atoms with E-state index in [1.165, 1.54) is 0 Å². The molecule has 0 heterocycles. The Balaban J connectivity index is 2.19. The highest BCUT2D eigenvalue weighted by Gasteiger charge is 2.22. The molecule has 0 atom stereocenters. The number of rotatable bonds is 6. The SMILES string of the molecule is O=C(/C=C/C(F)(F)F)CCOCc1ccccc1. The molecule has 2 nitrogen and oxygen atoms in total. The van der Waals surface area contributed by atoms with Gasteiger partial charge in [-0.05, 0) is 11.6 Å². The summed E-state index contributed by atoms with van der Waals surface area (Å²) in [7, 11) is 0. The van der Waals surface area contributed by atoms with Gasteiger partial charge in [0.25, 0.3) is 0 Å². The second kappa shape index (κ2) is 6.96. The lowest BCUT2D eigenvalue weighted by atomic mass is 10.2. The lowest BCUT2D eigenvalue weighted by Gasteiger charge is -2.02. The van der Waals surface area contributed by atoms with E-state index in [1.54, 1.807) is 0 Å². The van der Waals surface area contributed by atoms with Crippen molar-refractivity contribution < 1.29 is 22.7 Å². The molecule has 0 amide bonds. The average Bonchev–Trinajstić information content (AvgIpc) is 2.33. The number of carbonyl (C=O) groups is 1. The normalized spacial score (nSPS) is 11.9. The molecule has 0 fully saturated rings. The Bertz CT molecular complexity index is 396. The van der Waals surface area contributed by atoms with Crippen molar-refractivity contribution >= 4 is 5.78 Å². The summed E-state index contributed by atoms with van der Waals surface area (Å²) in [6, 6.07) is 9.32. The molecule has 98 valence electrons. The Hall–Kier alpha value is -1.62. The number of hydrogen-bond acceptors (Lipinski definition) is 2. The topological polar surface area (TPSA) is 26.3 Å². The first kappa shape index (κ1) is 14.4. The molecule has 1 aromatic rings. The summed E-state index contributed by atoms with van der Waals surface area (Å²) in [5.41, 5.74) is 0.954. The molecule has 0 aromatic heterocycles. The number of alkyl halides is 3. The van der Waals surface area contributed by atoms with Crippen LogP contribution in [0.3, 0.4) is 0 Å². The first-order chi connectivity index (χ1) is 8.47. The fraction of sp³-hybridized carbons (Fsp3) is 0.308. The van der Waals surface area contributed by atoms with Gasteiger partial charge < -0.3 is 4.74 Å². The van der Waals surface area contributed by atoms with Gasteiger partial charge in [-0.2, -0.15) is 13.2 Å². The second-order valence-corrected chi connectivity index (χ2v) is 3.63. The maximum Gasteiger partial charge on any atom is 0.409 e. The number of hydrogen-bond donors (Lipinski definition) is 0. The van der Waals surface area contributed by atoms with Gasteiger partial charge in [0.1, 0.15) is 0 Å². The van der Waals surface area contributed by atoms with Crippen molar-refractivity contribution in [3.8, 4) is 0 Å². The van der Waals surface area contributed by atoms with Crippen molar-refractivity contribution in [1.29, 1.82) is 0 Å². The zero-order valence-electron chi connectivity index (χ0n) is 9.61. The van der Waals surface area contributed by atoms with Gasteiger partial charge in [0.15, 0.2) is 5.78 Å². The van der Waals surface area contributed by atoms with Gasteiger partial charge >= 0.3 is 6.18 Å². The van der Waals surface area contributed by atoms with Gasteiger partial charge in [-0.25, -0.2) is 0 Å². The molecular weight excluding hydrogens is 245 g/mol. The molecule has 0 bridgehead atoms. The van der Waals surface area contributed by atoms with Crippen LogP contribution in [0.1, 0.15) is 12.0 Å². The third-order valence-electron chi connectivity index (χ3n) is 2.06. The summed E-state index contributed by atoms with van der Waals surface area (Å²) in [6.45, 7) is 0.451. The van der Waals surface area contributed by atoms with E-state index >= 15 is 0 Å². The van der Waals surface area contributed by atoms with E-state index in [2.05, 4.69) is 0 Å². The largest absolute Gasteiger partial charge is 0.409 e. The Morgan fingerprint density at radius 1 is 1.22 bits per heavy atom. The average molecular weight is 258 g/mol. The highest BCUT2D eigenvalue weighted by atomic mass is 19.4. The molecule has 0 aliphatic carbocycles. The summed E-state index contributed by atoms with van der Waals surface area (Å²) >= 11 is 0. The highest BCUT2D eigenvalue weighted by molar-refractivity contribution is 5.89. The minimum atomic E-state index is -4.44. The molecule has 1 aromatic carbocycles. The van der Waals surface area contributed by atoms with Crippen LogP contribution >= 0.6 is 0 Å². The van der Waals surface area contributed by atoms with Crippen molar-refractivity contribution in [2.45, 2.75) is 19.2 Å². The number of carbonyl (C=O) groups excluding carboxylic acids is 1. The minimum Gasteiger partial charge on any atom is -0.376 e. The maximum absolute atomic E-state index is 11.8. The molecule has 0 aliphatic heterocycles. The quantitative estimate of drug-likeness (QED) is 0.578. The molecular formula is C13H13F3O2. The van der Waals surface area contributed by atoms with Gasteiger partial charge in [-0.3, -0.25) is 4.79 Å². The summed E-state index contributed by atoms with van der Waals surface area (Å²) in [5.74, 6) is -0.597. The molecule has 0 saturated heterocycles. The van der Waals surface area contributed by atoms with Crippen molar-refractivity contribution in [2.24, 2.45) is 0 Å². The standard InChI is InChI=1S/C13H13F3O2/c14-13(15,16)8-6-12(17)7-9-18-10-11-4-2-1-3-5-11/h1-6,8H,7,9-10H2/b8-6+. The van der Waals surface area contributed by atoms with Crippen molar-refractivity contribution in [2.75, 3.05) is 6.61 Å². The van der Waals surface area contributed by atoms with Crippen LogP contribution in [0.2, 0.25) is 0 Å². The smallest absolute Gasteiger partial charge is 0.376 e. The van der Waals surface area contributed by atoms with Crippen LogP contribution in [0.4, 0.5) is 13.2 Å². The monoisotopic (exact) mass is 258 g/mol. The Morgan fingerprint density at radius 2 is 1.89 bits per heavy atom. The van der Waals surface area contributed by atoms with E-state index in [-0.39, 0.29) is 19.1 Å². The molecule has 0 radical (unpaired) electrons. The maximum atomic E-state index is 11.8. The zero-order chi connectivity index (χ0) is 13.4. The van der Waals surface area contributed by atoms with Crippen LogP contribution < -0.4 is 0 Å². The summed E-state index contributed by atoms with van der Waals surface area (Å²) in [4.78, 5) is 11.0. The lowest BCUT2D eigenvalue weighted by molar-refractivity contribution is -0.116. The number of allylic oxidation sites excluding steroid dienone is 2. The Labute approximate surface area is 103 Å². The molecule has 0 N–H and O–H groups in total. The predicted octanol–water partition coefficient (Wildman–Crippen LogP) is 3.28. The van der Waals surface area contributed by atoms with Crippen LogP contribution in [0, 0.1) is 0 Å². The van der Waals surface area contributed by atoms with E-state index in [0.29, 0.717) is 12.7 Å². The van der Waals surface area contributed by atoms with Crippen LogP contribution in [0.15, 0.2) is 42.5 Å². The number of benzene rings is 1. The molecule has 0 spiro atoms. The Kier molecular flexibility index (Phi) is 5.58. The summed E-state index contributed by atoms with van der Waals surface area (Å²) in [5, 5.41) is 0. The van der Waals surface area contributed by atoms with Gasteiger partial charge in [0.2, 0.25) is 0 Å². The van der Waals surface area contributed by atoms with Gasteiger partial charge in [-0.1, -0.05) is 30.3 Å². The van der Waals surface area contributed by atoms with Crippen molar-refractivity contribution in [3.63, 3.8) is 0 Å². The lowest BCUT2D eigenvalue weighted by Crippen LogP contribution is -2.05. The van der Waals surface area contributed by atoms with Crippen molar-refractivity contribution in [3.05, 3.63) is 48.0 Å². The van der Waals surface area contributed by atoms with Crippen molar-refractivity contribution in [1.82, 2.24) is 0 Å². The molecule has 5 heteroatoms. The van der Waals surface area contributed by atoms with E-state index in [1.807, 2.05) is 30.3 Å². The first-order valence-corrected chi connectivity index (χ1v) is 5.38. The van der Waals surface area contributed by atoms with Gasteiger partial charge in [-0.15, -0.1) is 0 Å². The van der Waals surface area contributed by atoms with Gasteiger partial charge in [0.05, 0.1) is 13.2 Å². The second-order valence-electron chi connectivity index (χ2n) is 3.63. The van der Waals surface area contributed by atoms with E-state index in [9.17, 15) is 18.0 Å². The fourth-order valence-corrected chi connectivity index (χ4v) is 1.21. The predicted molar refractivity (Wildman–Crippen MR) is 60.9 cm³/mol. The third-order valence-corrected chi connectivity index (χ3v) is 2.06. The number of ketones is 1. The minimum absolute atomic E-state index is 0.0561. The first-order valence-electron chi connectivity index (χ1n) is 5.38. The van der Waals surface area contributed by atoms with E-state index in [0.717, 1.165) is 5.56 Å². The molecule has 0 saturated carbocycles. The summed E-state index contributed by atoms with van der Waals surface area (Å²) < 4.78 is 40.5. The van der Waals surface area contributed by atoms with Gasteiger partial charge in [0, 0.05) is 12.5 Å². The molecule has 0 unspecified atom stereocenters. The third kappa shape index (κ3) is 6.85. The van der Waals surface area contributed by atoms with E-state index < -0.39 is 12.0 Å². The molecule has 18 heavy (non-hydrogen) atoms. The van der Waals surface area contributed by atoms with Crippen LogP contribution in [-0.2, 0) is 16.1 Å². The molecule has 1 rings (SSSR count). The fourth-order valence-electron chi connectivity index (χ4n) is 1.21. The Morgan fingerprint density at radius 3 is 2.50 bits per heavy atom. The van der Waals surface area contributed by atoms with Crippen LogP contribution in [0.5, 0.6) is 0 Å². The number of halogens is 3. The number of ether oxygens (including phenoxy) is 1. The van der Waals surface area contributed by atoms with E-state index in [4.69, 9.17) is 4.74 Å². The highest BCUT2D eigenvalue weighted by Crippen LogP contribution is 2.15. The zero-order valence-corrected chi connectivity index (χ0v) is 9.61. The molecule has 0 aliphatic rings. The summed E-state index contributed by atoms with van der Waals surface area (Å²) in [6.07, 6.45) is -4.03.